The van der Waals surface area contributed by atoms with E-state index in [0.29, 0.717) is 23.3 Å². The third-order valence-electron chi connectivity index (χ3n) is 2.63. The zero-order valence-corrected chi connectivity index (χ0v) is 10.9. The van der Waals surface area contributed by atoms with Gasteiger partial charge in [-0.05, 0) is 13.0 Å². The molecule has 1 unspecified atom stereocenters. The molecule has 2 rings (SSSR count). The standard InChI is InChI=1S/C11H13Cl2N3O/c1-7-4-16(6-10(17)15-7)5-8-9(12)2-3-14-11(8)13/h2-3,7H,4-6H2,1H3,(H,15,17). The highest BCUT2D eigenvalue weighted by molar-refractivity contribution is 6.35. The Morgan fingerprint density at radius 3 is 3.00 bits per heavy atom. The van der Waals surface area contributed by atoms with E-state index in [1.165, 1.54) is 0 Å². The lowest BCUT2D eigenvalue weighted by Crippen LogP contribution is -2.52. The van der Waals surface area contributed by atoms with Crippen LogP contribution in [-0.2, 0) is 11.3 Å². The number of aromatic nitrogens is 1. The van der Waals surface area contributed by atoms with Crippen molar-refractivity contribution in [2.45, 2.75) is 19.5 Å². The number of halogens is 2. The summed E-state index contributed by atoms with van der Waals surface area (Å²) in [5.74, 6) is 0.0277. The molecule has 6 heteroatoms. The SMILES string of the molecule is CC1CN(Cc2c(Cl)ccnc2Cl)CC(=O)N1. The predicted molar refractivity (Wildman–Crippen MR) is 67.1 cm³/mol. The van der Waals surface area contributed by atoms with Gasteiger partial charge in [0.15, 0.2) is 0 Å². The van der Waals surface area contributed by atoms with Crippen LogP contribution < -0.4 is 5.32 Å². The second-order valence-corrected chi connectivity index (χ2v) is 4.97. The van der Waals surface area contributed by atoms with Crippen molar-refractivity contribution in [1.82, 2.24) is 15.2 Å². The first-order valence-electron chi connectivity index (χ1n) is 5.37. The summed E-state index contributed by atoms with van der Waals surface area (Å²) < 4.78 is 0. The maximum atomic E-state index is 11.4. The number of nitrogens with one attached hydrogen (secondary N) is 1. The van der Waals surface area contributed by atoms with Crippen molar-refractivity contribution in [2.75, 3.05) is 13.1 Å². The lowest BCUT2D eigenvalue weighted by molar-refractivity contribution is -0.125. The lowest BCUT2D eigenvalue weighted by atomic mass is 10.2. The van der Waals surface area contributed by atoms with Gasteiger partial charge >= 0.3 is 0 Å². The van der Waals surface area contributed by atoms with Gasteiger partial charge in [-0.15, -0.1) is 0 Å². The Bertz CT molecular complexity index is 418. The fourth-order valence-corrected chi connectivity index (χ4v) is 2.42. The number of rotatable bonds is 2. The van der Waals surface area contributed by atoms with Gasteiger partial charge < -0.3 is 5.32 Å². The number of hydrogen-bond donors (Lipinski definition) is 1. The molecule has 0 bridgehead atoms. The number of pyridine rings is 1. The smallest absolute Gasteiger partial charge is 0.234 e. The second kappa shape index (κ2) is 5.21. The van der Waals surface area contributed by atoms with Crippen LogP contribution in [0.15, 0.2) is 12.3 Å². The third kappa shape index (κ3) is 3.09. The molecule has 1 amide bonds. The van der Waals surface area contributed by atoms with Crippen molar-refractivity contribution in [2.24, 2.45) is 0 Å². The summed E-state index contributed by atoms with van der Waals surface area (Å²) in [6, 6.07) is 1.85. The van der Waals surface area contributed by atoms with Gasteiger partial charge in [0.05, 0.1) is 6.54 Å². The van der Waals surface area contributed by atoms with Crippen molar-refractivity contribution >= 4 is 29.1 Å². The molecule has 92 valence electrons. The normalized spacial score (nSPS) is 21.4. The van der Waals surface area contributed by atoms with Crippen LogP contribution in [0.5, 0.6) is 0 Å². The Hall–Kier alpha value is -0.840. The average molecular weight is 274 g/mol. The van der Waals surface area contributed by atoms with E-state index in [4.69, 9.17) is 23.2 Å². The van der Waals surface area contributed by atoms with Crippen LogP contribution in [0.1, 0.15) is 12.5 Å². The monoisotopic (exact) mass is 273 g/mol. The van der Waals surface area contributed by atoms with Gasteiger partial charge in [0.25, 0.3) is 0 Å². The minimum atomic E-state index is 0.0277. The number of carbonyl (C=O) groups is 1. The fraction of sp³-hybridized carbons (Fsp3) is 0.455. The summed E-state index contributed by atoms with van der Waals surface area (Å²) in [6.45, 7) is 3.67. The quantitative estimate of drug-likeness (QED) is 0.835. The van der Waals surface area contributed by atoms with E-state index < -0.39 is 0 Å². The first-order valence-corrected chi connectivity index (χ1v) is 6.12. The van der Waals surface area contributed by atoms with Crippen LogP contribution in [0.25, 0.3) is 0 Å². The minimum absolute atomic E-state index is 0.0277. The molecule has 1 atom stereocenters. The summed E-state index contributed by atoms with van der Waals surface area (Å²) in [5.41, 5.74) is 0.776. The van der Waals surface area contributed by atoms with Crippen molar-refractivity contribution in [3.8, 4) is 0 Å². The van der Waals surface area contributed by atoms with E-state index in [2.05, 4.69) is 10.3 Å². The molecule has 1 aliphatic heterocycles. The first kappa shape index (κ1) is 12.6. The molecule has 0 aliphatic carbocycles. The molecule has 1 aromatic rings. The predicted octanol–water partition coefficient (Wildman–Crippen LogP) is 1.71. The number of carbonyl (C=O) groups excluding carboxylic acids is 1. The molecule has 0 spiro atoms. The summed E-state index contributed by atoms with van der Waals surface area (Å²) >= 11 is 12.1. The van der Waals surface area contributed by atoms with Crippen LogP contribution in [0.3, 0.4) is 0 Å². The molecule has 1 fully saturated rings. The van der Waals surface area contributed by atoms with Gasteiger partial charge in [0, 0.05) is 35.9 Å². The zero-order chi connectivity index (χ0) is 12.4. The largest absolute Gasteiger partial charge is 0.351 e. The third-order valence-corrected chi connectivity index (χ3v) is 3.31. The van der Waals surface area contributed by atoms with Gasteiger partial charge in [0.1, 0.15) is 5.15 Å². The van der Waals surface area contributed by atoms with E-state index in [9.17, 15) is 4.79 Å². The number of amides is 1. The fourth-order valence-electron chi connectivity index (χ4n) is 1.95. The maximum Gasteiger partial charge on any atom is 0.234 e. The highest BCUT2D eigenvalue weighted by Gasteiger charge is 2.22. The summed E-state index contributed by atoms with van der Waals surface area (Å²) in [6.07, 6.45) is 1.57. The number of hydrogen-bond acceptors (Lipinski definition) is 3. The molecule has 17 heavy (non-hydrogen) atoms. The lowest BCUT2D eigenvalue weighted by Gasteiger charge is -2.31. The van der Waals surface area contributed by atoms with Gasteiger partial charge in [-0.3, -0.25) is 9.69 Å². The Balaban J connectivity index is 2.12. The summed E-state index contributed by atoms with van der Waals surface area (Å²) in [5, 5.41) is 3.85. The van der Waals surface area contributed by atoms with Gasteiger partial charge in [0.2, 0.25) is 5.91 Å². The molecule has 1 aromatic heterocycles. The van der Waals surface area contributed by atoms with Gasteiger partial charge in [-0.1, -0.05) is 23.2 Å². The first-order chi connectivity index (χ1) is 8.06. The minimum Gasteiger partial charge on any atom is -0.351 e. The molecule has 0 radical (unpaired) electrons. The van der Waals surface area contributed by atoms with Crippen LogP contribution in [-0.4, -0.2) is 34.9 Å². The van der Waals surface area contributed by atoms with Crippen LogP contribution in [0.2, 0.25) is 10.2 Å². The molecule has 4 nitrogen and oxygen atoms in total. The van der Waals surface area contributed by atoms with Gasteiger partial charge in [-0.2, -0.15) is 0 Å². The van der Waals surface area contributed by atoms with Gasteiger partial charge in [-0.25, -0.2) is 4.98 Å². The average Bonchev–Trinajstić information content (AvgIpc) is 2.22. The topological polar surface area (TPSA) is 45.2 Å². The summed E-state index contributed by atoms with van der Waals surface area (Å²) in [7, 11) is 0. The molecule has 0 aromatic carbocycles. The maximum absolute atomic E-state index is 11.4. The Morgan fingerprint density at radius 1 is 1.59 bits per heavy atom. The Morgan fingerprint density at radius 2 is 2.35 bits per heavy atom. The van der Waals surface area contributed by atoms with Crippen LogP contribution in [0.4, 0.5) is 0 Å². The molecular weight excluding hydrogens is 261 g/mol. The molecule has 1 N–H and O–H groups in total. The van der Waals surface area contributed by atoms with Crippen molar-refractivity contribution in [3.05, 3.63) is 28.0 Å². The molecular formula is C11H13Cl2N3O. The Kier molecular flexibility index (Phi) is 3.86. The molecule has 1 aliphatic rings. The highest BCUT2D eigenvalue weighted by atomic mass is 35.5. The molecule has 0 saturated carbocycles. The van der Waals surface area contributed by atoms with E-state index in [1.807, 2.05) is 11.8 Å². The van der Waals surface area contributed by atoms with Crippen molar-refractivity contribution < 1.29 is 4.79 Å². The van der Waals surface area contributed by atoms with Crippen LogP contribution in [0, 0.1) is 0 Å². The summed E-state index contributed by atoms with van der Waals surface area (Å²) in [4.78, 5) is 17.4. The van der Waals surface area contributed by atoms with E-state index >= 15 is 0 Å². The second-order valence-electron chi connectivity index (χ2n) is 4.20. The zero-order valence-electron chi connectivity index (χ0n) is 9.41. The van der Waals surface area contributed by atoms with Crippen molar-refractivity contribution in [3.63, 3.8) is 0 Å². The van der Waals surface area contributed by atoms with E-state index in [0.717, 1.165) is 12.1 Å². The van der Waals surface area contributed by atoms with E-state index in [1.54, 1.807) is 12.3 Å². The number of piperazine rings is 1. The number of nitrogens with zero attached hydrogens (tertiary/aromatic N) is 2. The van der Waals surface area contributed by atoms with Crippen LogP contribution >= 0.6 is 23.2 Å². The van der Waals surface area contributed by atoms with Crippen molar-refractivity contribution in [1.29, 1.82) is 0 Å². The molecule has 2 heterocycles. The highest BCUT2D eigenvalue weighted by Crippen LogP contribution is 2.23. The van der Waals surface area contributed by atoms with E-state index in [-0.39, 0.29) is 11.9 Å². The molecule has 1 saturated heterocycles. The Labute approximate surface area is 110 Å².